The lowest BCUT2D eigenvalue weighted by molar-refractivity contribution is -0.119. The maximum Gasteiger partial charge on any atom is 0.361 e. The van der Waals surface area contributed by atoms with E-state index in [4.69, 9.17) is 9.15 Å². The molecule has 4 aromatic rings. The van der Waals surface area contributed by atoms with Crippen molar-refractivity contribution in [2.24, 2.45) is 0 Å². The molecule has 2 heterocycles. The van der Waals surface area contributed by atoms with Crippen molar-refractivity contribution < 1.29 is 18.7 Å². The molecule has 10 heteroatoms. The number of aryl methyl sites for hydroxylation is 1. The fourth-order valence-corrected chi connectivity index (χ4v) is 2.57. The molecule has 30 heavy (non-hydrogen) atoms. The maximum absolute atomic E-state index is 12.3. The van der Waals surface area contributed by atoms with Crippen LogP contribution in [0.15, 0.2) is 65.1 Å². The van der Waals surface area contributed by atoms with Gasteiger partial charge in [0.05, 0.1) is 11.4 Å². The lowest BCUT2D eigenvalue weighted by atomic mass is 10.2. The van der Waals surface area contributed by atoms with Crippen LogP contribution in [0.25, 0.3) is 17.1 Å². The fourth-order valence-electron chi connectivity index (χ4n) is 2.57. The molecule has 0 atom stereocenters. The van der Waals surface area contributed by atoms with E-state index in [0.29, 0.717) is 16.9 Å². The van der Waals surface area contributed by atoms with Gasteiger partial charge in [0.15, 0.2) is 12.3 Å². The standard InChI is InChI=1S/C20H16N6O4/c1-13-17(25-26(24-13)15-10-6-3-7-11-15)19(28)29-12-16(27)21-20-23-22-18(30-20)14-8-4-2-5-9-14/h2-11H,12H2,1H3,(H,21,23,27). The average molecular weight is 404 g/mol. The molecule has 1 amide bonds. The first-order valence-electron chi connectivity index (χ1n) is 8.95. The second-order valence-electron chi connectivity index (χ2n) is 6.16. The Hall–Kier alpha value is -4.34. The number of benzene rings is 2. The number of aromatic nitrogens is 5. The molecule has 4 rings (SSSR count). The van der Waals surface area contributed by atoms with Crippen LogP contribution in [0, 0.1) is 6.92 Å². The Morgan fingerprint density at radius 1 is 1.00 bits per heavy atom. The summed E-state index contributed by atoms with van der Waals surface area (Å²) in [7, 11) is 0. The van der Waals surface area contributed by atoms with E-state index in [1.54, 1.807) is 31.2 Å². The van der Waals surface area contributed by atoms with Crippen molar-refractivity contribution in [1.29, 1.82) is 0 Å². The van der Waals surface area contributed by atoms with E-state index >= 15 is 0 Å². The molecule has 1 N–H and O–H groups in total. The first kappa shape index (κ1) is 19.0. The topological polar surface area (TPSA) is 125 Å². The molecular formula is C20H16N6O4. The highest BCUT2D eigenvalue weighted by molar-refractivity contribution is 5.94. The molecule has 0 saturated heterocycles. The smallest absolute Gasteiger partial charge is 0.361 e. The van der Waals surface area contributed by atoms with Gasteiger partial charge in [-0.1, -0.05) is 41.5 Å². The van der Waals surface area contributed by atoms with Crippen molar-refractivity contribution in [2.45, 2.75) is 6.92 Å². The van der Waals surface area contributed by atoms with E-state index in [0.717, 1.165) is 0 Å². The highest BCUT2D eigenvalue weighted by Crippen LogP contribution is 2.19. The highest BCUT2D eigenvalue weighted by atomic mass is 16.5. The van der Waals surface area contributed by atoms with Crippen LogP contribution in [0.5, 0.6) is 0 Å². The van der Waals surface area contributed by atoms with Crippen LogP contribution in [-0.2, 0) is 9.53 Å². The number of anilines is 1. The first-order chi connectivity index (χ1) is 14.6. The van der Waals surface area contributed by atoms with E-state index < -0.39 is 18.5 Å². The van der Waals surface area contributed by atoms with Gasteiger partial charge in [0.1, 0.15) is 0 Å². The number of nitrogens with zero attached hydrogens (tertiary/aromatic N) is 5. The molecule has 10 nitrogen and oxygen atoms in total. The maximum atomic E-state index is 12.3. The zero-order chi connectivity index (χ0) is 20.9. The first-order valence-corrected chi connectivity index (χ1v) is 8.95. The minimum absolute atomic E-state index is 0.0239. The number of hydrogen-bond acceptors (Lipinski definition) is 8. The van der Waals surface area contributed by atoms with Crippen LogP contribution in [-0.4, -0.2) is 43.7 Å². The Morgan fingerprint density at radius 3 is 2.43 bits per heavy atom. The molecular weight excluding hydrogens is 388 g/mol. The van der Waals surface area contributed by atoms with Gasteiger partial charge < -0.3 is 9.15 Å². The monoisotopic (exact) mass is 404 g/mol. The zero-order valence-corrected chi connectivity index (χ0v) is 15.8. The van der Waals surface area contributed by atoms with Gasteiger partial charge in [-0.25, -0.2) is 4.79 Å². The summed E-state index contributed by atoms with van der Waals surface area (Å²) in [5, 5.41) is 18.3. The van der Waals surface area contributed by atoms with E-state index in [1.165, 1.54) is 4.80 Å². The van der Waals surface area contributed by atoms with Gasteiger partial charge in [0.2, 0.25) is 5.89 Å². The Balaban J connectivity index is 1.35. The molecule has 2 aromatic heterocycles. The lowest BCUT2D eigenvalue weighted by Gasteiger charge is -2.02. The fraction of sp³-hybridized carbons (Fsp3) is 0.100. The Bertz CT molecular complexity index is 1170. The van der Waals surface area contributed by atoms with Crippen LogP contribution >= 0.6 is 0 Å². The second-order valence-corrected chi connectivity index (χ2v) is 6.16. The quantitative estimate of drug-likeness (QED) is 0.486. The molecule has 0 unspecified atom stereocenters. The molecule has 0 aliphatic carbocycles. The van der Waals surface area contributed by atoms with E-state index in [9.17, 15) is 9.59 Å². The Labute approximate surface area is 170 Å². The molecule has 0 saturated carbocycles. The summed E-state index contributed by atoms with van der Waals surface area (Å²) >= 11 is 0. The van der Waals surface area contributed by atoms with Crippen molar-refractivity contribution in [1.82, 2.24) is 25.2 Å². The third-order valence-electron chi connectivity index (χ3n) is 3.99. The summed E-state index contributed by atoms with van der Waals surface area (Å²) in [5.41, 5.74) is 1.82. The van der Waals surface area contributed by atoms with Gasteiger partial charge in [0.25, 0.3) is 5.91 Å². The number of hydrogen-bond donors (Lipinski definition) is 1. The predicted molar refractivity (Wildman–Crippen MR) is 105 cm³/mol. The number of esters is 1. The molecule has 0 aliphatic heterocycles. The van der Waals surface area contributed by atoms with Crippen molar-refractivity contribution in [3.05, 3.63) is 72.1 Å². The second kappa shape index (κ2) is 8.35. The molecule has 0 aliphatic rings. The highest BCUT2D eigenvalue weighted by Gasteiger charge is 2.20. The lowest BCUT2D eigenvalue weighted by Crippen LogP contribution is -2.21. The van der Waals surface area contributed by atoms with E-state index in [1.807, 2.05) is 36.4 Å². The summed E-state index contributed by atoms with van der Waals surface area (Å²) in [5.74, 6) is -1.13. The number of ether oxygens (including phenoxy) is 1. The Morgan fingerprint density at radius 2 is 1.70 bits per heavy atom. The number of carbonyl (C=O) groups is 2. The number of para-hydroxylation sites is 1. The number of amides is 1. The predicted octanol–water partition coefficient (Wildman–Crippen LogP) is 2.42. The SMILES string of the molecule is Cc1nn(-c2ccccc2)nc1C(=O)OCC(=O)Nc1nnc(-c2ccccc2)o1. The molecule has 0 spiro atoms. The molecule has 0 fully saturated rings. The van der Waals surface area contributed by atoms with Crippen molar-refractivity contribution in [2.75, 3.05) is 11.9 Å². The molecule has 0 bridgehead atoms. The van der Waals surface area contributed by atoms with Gasteiger partial charge in [-0.3, -0.25) is 10.1 Å². The van der Waals surface area contributed by atoms with Crippen LogP contribution in [0.3, 0.4) is 0 Å². The number of carbonyl (C=O) groups excluding carboxylic acids is 2. The number of nitrogens with one attached hydrogen (secondary N) is 1. The van der Waals surface area contributed by atoms with Crippen LogP contribution < -0.4 is 5.32 Å². The van der Waals surface area contributed by atoms with E-state index in [-0.39, 0.29) is 17.6 Å². The summed E-state index contributed by atoms with van der Waals surface area (Å²) in [6, 6.07) is 18.1. The van der Waals surface area contributed by atoms with Gasteiger partial charge in [-0.05, 0) is 31.2 Å². The Kier molecular flexibility index (Phi) is 5.29. The van der Waals surface area contributed by atoms with Crippen molar-refractivity contribution in [3.8, 4) is 17.1 Å². The van der Waals surface area contributed by atoms with Crippen LogP contribution in [0.4, 0.5) is 6.01 Å². The summed E-state index contributed by atoms with van der Waals surface area (Å²) in [6.07, 6.45) is 0. The van der Waals surface area contributed by atoms with Crippen molar-refractivity contribution >= 4 is 17.9 Å². The minimum Gasteiger partial charge on any atom is -0.451 e. The third-order valence-corrected chi connectivity index (χ3v) is 3.99. The van der Waals surface area contributed by atoms with Crippen molar-refractivity contribution in [3.63, 3.8) is 0 Å². The zero-order valence-electron chi connectivity index (χ0n) is 15.8. The van der Waals surface area contributed by atoms with Crippen LogP contribution in [0.2, 0.25) is 0 Å². The van der Waals surface area contributed by atoms with Crippen LogP contribution in [0.1, 0.15) is 16.2 Å². The van der Waals surface area contributed by atoms with Gasteiger partial charge >= 0.3 is 12.0 Å². The summed E-state index contributed by atoms with van der Waals surface area (Å²) in [4.78, 5) is 25.7. The van der Waals surface area contributed by atoms with Gasteiger partial charge in [-0.2, -0.15) is 9.90 Å². The third kappa shape index (κ3) is 4.22. The van der Waals surface area contributed by atoms with Gasteiger partial charge in [-0.15, -0.1) is 10.2 Å². The van der Waals surface area contributed by atoms with E-state index in [2.05, 4.69) is 25.7 Å². The number of rotatable bonds is 6. The molecule has 150 valence electrons. The molecule has 0 radical (unpaired) electrons. The normalized spacial score (nSPS) is 10.6. The minimum atomic E-state index is -0.764. The average Bonchev–Trinajstić information content (AvgIpc) is 3.40. The van der Waals surface area contributed by atoms with Gasteiger partial charge in [0, 0.05) is 5.56 Å². The largest absolute Gasteiger partial charge is 0.451 e. The summed E-state index contributed by atoms with van der Waals surface area (Å²) < 4.78 is 10.4. The molecule has 2 aromatic carbocycles. The summed E-state index contributed by atoms with van der Waals surface area (Å²) in [6.45, 7) is 1.09.